The number of hydrogen-bond acceptors (Lipinski definition) is 2. The second-order valence-electron chi connectivity index (χ2n) is 3.65. The number of hydrogen-bond donors (Lipinski definition) is 1. The molecule has 0 aliphatic heterocycles. The van der Waals surface area contributed by atoms with Gasteiger partial charge in [0.2, 0.25) is 0 Å². The van der Waals surface area contributed by atoms with Crippen LogP contribution < -0.4 is 5.32 Å². The number of carbonyl (C=O) groups is 1. The van der Waals surface area contributed by atoms with Crippen LogP contribution in [0.25, 0.3) is 0 Å². The second kappa shape index (κ2) is 5.84. The molecule has 0 spiro atoms. The van der Waals surface area contributed by atoms with E-state index in [2.05, 4.69) is 5.32 Å². The zero-order valence-electron chi connectivity index (χ0n) is 9.15. The van der Waals surface area contributed by atoms with Crippen molar-refractivity contribution >= 4 is 28.8 Å². The monoisotopic (exact) mass is 265 g/mol. The van der Waals surface area contributed by atoms with Gasteiger partial charge in [0.05, 0.1) is 0 Å². The molecule has 0 radical (unpaired) electrons. The summed E-state index contributed by atoms with van der Waals surface area (Å²) in [6.07, 6.45) is 0.788. The summed E-state index contributed by atoms with van der Waals surface area (Å²) in [7, 11) is 0. The molecule has 1 N–H and O–H groups in total. The van der Waals surface area contributed by atoms with E-state index in [9.17, 15) is 4.79 Å². The molecule has 2 rings (SSSR count). The Morgan fingerprint density at radius 1 is 1.35 bits per heavy atom. The fraction of sp³-hybridized carbons (Fsp3) is 0.154. The maximum Gasteiger partial charge on any atom is 0.252 e. The van der Waals surface area contributed by atoms with Gasteiger partial charge >= 0.3 is 0 Å². The van der Waals surface area contributed by atoms with Crippen LogP contribution in [0.4, 0.5) is 0 Å². The molecule has 0 aliphatic carbocycles. The van der Waals surface area contributed by atoms with Crippen molar-refractivity contribution in [2.75, 3.05) is 6.54 Å². The zero-order chi connectivity index (χ0) is 12.1. The van der Waals surface area contributed by atoms with Crippen LogP contribution in [-0.4, -0.2) is 12.5 Å². The largest absolute Gasteiger partial charge is 0.352 e. The lowest BCUT2D eigenvalue weighted by atomic mass is 10.1. The van der Waals surface area contributed by atoms with Gasteiger partial charge in [0.15, 0.2) is 0 Å². The van der Waals surface area contributed by atoms with Gasteiger partial charge in [0, 0.05) is 22.5 Å². The van der Waals surface area contributed by atoms with Crippen LogP contribution in [0.5, 0.6) is 0 Å². The summed E-state index contributed by atoms with van der Waals surface area (Å²) in [6, 6.07) is 9.49. The van der Waals surface area contributed by atoms with E-state index in [0.29, 0.717) is 6.54 Å². The summed E-state index contributed by atoms with van der Waals surface area (Å²) >= 11 is 7.40. The van der Waals surface area contributed by atoms with Crippen molar-refractivity contribution in [3.05, 3.63) is 57.2 Å². The quantitative estimate of drug-likeness (QED) is 0.902. The molecule has 0 bridgehead atoms. The van der Waals surface area contributed by atoms with E-state index in [0.717, 1.165) is 22.6 Å². The number of benzene rings is 1. The van der Waals surface area contributed by atoms with E-state index >= 15 is 0 Å². The summed E-state index contributed by atoms with van der Waals surface area (Å²) in [5, 5.41) is 7.34. The van der Waals surface area contributed by atoms with E-state index < -0.39 is 0 Å². The van der Waals surface area contributed by atoms with Gasteiger partial charge in [-0.15, -0.1) is 0 Å². The average Bonchev–Trinajstić information content (AvgIpc) is 2.82. The maximum atomic E-state index is 11.6. The van der Waals surface area contributed by atoms with Crippen molar-refractivity contribution in [2.45, 2.75) is 6.42 Å². The van der Waals surface area contributed by atoms with Gasteiger partial charge in [0.25, 0.3) is 5.91 Å². The lowest BCUT2D eigenvalue weighted by Crippen LogP contribution is -2.25. The number of amides is 1. The first-order valence-corrected chi connectivity index (χ1v) is 6.62. The molecule has 2 nitrogen and oxygen atoms in total. The molecule has 1 amide bonds. The van der Waals surface area contributed by atoms with Gasteiger partial charge in [-0.3, -0.25) is 4.79 Å². The Labute approximate surface area is 109 Å². The molecular weight excluding hydrogens is 254 g/mol. The number of halogens is 1. The summed E-state index contributed by atoms with van der Waals surface area (Å²) in [5.41, 5.74) is 1.85. The minimum Gasteiger partial charge on any atom is -0.352 e. The third-order valence-corrected chi connectivity index (χ3v) is 3.29. The molecule has 1 aromatic carbocycles. The lowest BCUT2D eigenvalue weighted by Gasteiger charge is -2.04. The van der Waals surface area contributed by atoms with Gasteiger partial charge < -0.3 is 5.32 Å². The molecule has 88 valence electrons. The predicted molar refractivity (Wildman–Crippen MR) is 71.8 cm³/mol. The molecule has 0 fully saturated rings. The average molecular weight is 266 g/mol. The Morgan fingerprint density at radius 2 is 2.24 bits per heavy atom. The van der Waals surface area contributed by atoms with Crippen LogP contribution in [0.1, 0.15) is 15.9 Å². The first-order chi connectivity index (χ1) is 8.25. The van der Waals surface area contributed by atoms with Crippen molar-refractivity contribution in [3.63, 3.8) is 0 Å². The normalized spacial score (nSPS) is 10.2. The predicted octanol–water partition coefficient (Wildman–Crippen LogP) is 3.37. The van der Waals surface area contributed by atoms with Crippen LogP contribution in [0.3, 0.4) is 0 Å². The van der Waals surface area contributed by atoms with Crippen LogP contribution in [0, 0.1) is 0 Å². The van der Waals surface area contributed by atoms with Gasteiger partial charge in [0.1, 0.15) is 0 Å². The molecule has 4 heteroatoms. The summed E-state index contributed by atoms with van der Waals surface area (Å²) in [6.45, 7) is 0.620. The fourth-order valence-electron chi connectivity index (χ4n) is 1.51. The SMILES string of the molecule is O=C(NCCc1cccc(Cl)c1)c1ccsc1. The fourth-order valence-corrected chi connectivity index (χ4v) is 2.36. The standard InChI is InChI=1S/C13H12ClNOS/c14-12-3-1-2-10(8-12)4-6-15-13(16)11-5-7-17-9-11/h1-3,5,7-9H,4,6H2,(H,15,16). The zero-order valence-corrected chi connectivity index (χ0v) is 10.7. The highest BCUT2D eigenvalue weighted by molar-refractivity contribution is 7.08. The molecule has 17 heavy (non-hydrogen) atoms. The minimum atomic E-state index is -0.0201. The summed E-state index contributed by atoms with van der Waals surface area (Å²) in [5.74, 6) is -0.0201. The first kappa shape index (κ1) is 12.1. The molecule has 0 saturated carbocycles. The van der Waals surface area contributed by atoms with Crippen molar-refractivity contribution in [1.29, 1.82) is 0 Å². The van der Waals surface area contributed by atoms with Crippen LogP contribution >= 0.6 is 22.9 Å². The number of nitrogens with one attached hydrogen (secondary N) is 1. The van der Waals surface area contributed by atoms with Crippen LogP contribution in [-0.2, 0) is 6.42 Å². The third kappa shape index (κ3) is 3.58. The van der Waals surface area contributed by atoms with Crippen LogP contribution in [0.15, 0.2) is 41.1 Å². The van der Waals surface area contributed by atoms with E-state index in [-0.39, 0.29) is 5.91 Å². The molecule has 0 aliphatic rings. The Kier molecular flexibility index (Phi) is 4.18. The van der Waals surface area contributed by atoms with Gasteiger partial charge in [-0.25, -0.2) is 0 Å². The first-order valence-electron chi connectivity index (χ1n) is 5.30. The summed E-state index contributed by atoms with van der Waals surface area (Å²) < 4.78 is 0. The molecule has 1 heterocycles. The highest BCUT2D eigenvalue weighted by Gasteiger charge is 2.04. The van der Waals surface area contributed by atoms with Gasteiger partial charge in [-0.05, 0) is 35.6 Å². The summed E-state index contributed by atoms with van der Waals surface area (Å²) in [4.78, 5) is 11.6. The third-order valence-electron chi connectivity index (χ3n) is 2.37. The van der Waals surface area contributed by atoms with Crippen molar-refractivity contribution in [1.82, 2.24) is 5.32 Å². The molecule has 0 unspecified atom stereocenters. The van der Waals surface area contributed by atoms with E-state index in [4.69, 9.17) is 11.6 Å². The number of carbonyl (C=O) groups excluding carboxylic acids is 1. The minimum absolute atomic E-state index is 0.0201. The smallest absolute Gasteiger partial charge is 0.252 e. The topological polar surface area (TPSA) is 29.1 Å². The van der Waals surface area contributed by atoms with Crippen LogP contribution in [0.2, 0.25) is 5.02 Å². The van der Waals surface area contributed by atoms with E-state index in [1.54, 1.807) is 0 Å². The van der Waals surface area contributed by atoms with E-state index in [1.165, 1.54) is 11.3 Å². The Hall–Kier alpha value is -1.32. The van der Waals surface area contributed by atoms with Gasteiger partial charge in [-0.1, -0.05) is 23.7 Å². The second-order valence-corrected chi connectivity index (χ2v) is 4.86. The molecule has 0 atom stereocenters. The molecule has 1 aromatic heterocycles. The maximum absolute atomic E-state index is 11.6. The van der Waals surface area contributed by atoms with Crippen molar-refractivity contribution in [2.24, 2.45) is 0 Å². The van der Waals surface area contributed by atoms with E-state index in [1.807, 2.05) is 41.1 Å². The highest BCUT2D eigenvalue weighted by atomic mass is 35.5. The number of thiophene rings is 1. The van der Waals surface area contributed by atoms with Gasteiger partial charge in [-0.2, -0.15) is 11.3 Å². The molecular formula is C13H12ClNOS. The Balaban J connectivity index is 1.82. The van der Waals surface area contributed by atoms with Crippen molar-refractivity contribution in [3.8, 4) is 0 Å². The Bertz CT molecular complexity index is 496. The highest BCUT2D eigenvalue weighted by Crippen LogP contribution is 2.11. The number of rotatable bonds is 4. The molecule has 2 aromatic rings. The molecule has 0 saturated heterocycles. The Morgan fingerprint density at radius 3 is 2.94 bits per heavy atom. The van der Waals surface area contributed by atoms with Crippen molar-refractivity contribution < 1.29 is 4.79 Å². The lowest BCUT2D eigenvalue weighted by molar-refractivity contribution is 0.0954.